The van der Waals surface area contributed by atoms with Gasteiger partial charge in [-0.05, 0) is 0 Å². The summed E-state index contributed by atoms with van der Waals surface area (Å²) in [6, 6.07) is 0. The molecule has 0 bridgehead atoms. The van der Waals surface area contributed by atoms with Crippen LogP contribution < -0.4 is 0 Å². The summed E-state index contributed by atoms with van der Waals surface area (Å²) in [5, 5.41) is 0. The van der Waals surface area contributed by atoms with Crippen LogP contribution in [0.25, 0.3) is 0 Å². The quantitative estimate of drug-likeness (QED) is 0.436. The first-order valence-corrected chi connectivity index (χ1v) is 0. The van der Waals surface area contributed by atoms with Gasteiger partial charge in [0, 0.05) is 0 Å². The van der Waals surface area contributed by atoms with Crippen molar-refractivity contribution in [3.8, 4) is 0 Å². The van der Waals surface area contributed by atoms with E-state index < -0.39 is 0 Å². The normalized spacial score (nSPS) is 0. The molecule has 0 spiro atoms. The summed E-state index contributed by atoms with van der Waals surface area (Å²) < 4.78 is 0. The molecule has 0 saturated carbocycles. The third-order valence-electron chi connectivity index (χ3n) is 0. The second kappa shape index (κ2) is 132. The second-order valence-corrected chi connectivity index (χ2v) is 0. The number of hydrogen-bond donors (Lipinski definition) is 0. The van der Waals surface area contributed by atoms with Crippen LogP contribution in [0.1, 0.15) is 0 Å². The van der Waals surface area contributed by atoms with Crippen molar-refractivity contribution in [1.29, 1.82) is 0 Å². The number of hydrogen-bond acceptors (Lipinski definition) is 0. The first-order chi connectivity index (χ1) is 0. The van der Waals surface area contributed by atoms with Gasteiger partial charge < -0.3 is 21.9 Å². The van der Waals surface area contributed by atoms with E-state index in [0.717, 1.165) is 0 Å². The molecular formula is GeO4Ti. The van der Waals surface area contributed by atoms with E-state index in [1.54, 1.807) is 0 Å². The molecule has 0 aromatic carbocycles. The Morgan fingerprint density at radius 1 is 0.500 bits per heavy atom. The molecular weight excluding hydrogens is 184 g/mol. The molecule has 6 heteroatoms. The Balaban J connectivity index is 0. The Bertz CT molecular complexity index is 7.51. The third kappa shape index (κ3) is 71.1. The zero-order valence-electron chi connectivity index (χ0n) is 2.63. The molecule has 0 aliphatic rings. The van der Waals surface area contributed by atoms with Gasteiger partial charge in [-0.15, -0.1) is 0 Å². The first-order valence-electron chi connectivity index (χ1n) is 0. The van der Waals surface area contributed by atoms with Gasteiger partial charge in [-0.25, -0.2) is 0 Å². The summed E-state index contributed by atoms with van der Waals surface area (Å²) in [4.78, 5) is 0. The average Bonchev–Trinajstić information content (AvgIpc) is 0. The van der Waals surface area contributed by atoms with E-state index in [2.05, 4.69) is 0 Å². The van der Waals surface area contributed by atoms with Crippen LogP contribution in [0.5, 0.6) is 0 Å². The van der Waals surface area contributed by atoms with Crippen LogP contribution in [0.4, 0.5) is 0 Å². The minimum atomic E-state index is 0. The Morgan fingerprint density at radius 2 is 0.500 bits per heavy atom. The molecule has 0 heterocycles. The first kappa shape index (κ1) is 219. The number of rotatable bonds is 0. The molecule has 0 unspecified atom stereocenters. The Labute approximate surface area is 61.4 Å². The molecule has 0 radical (unpaired) electrons. The molecule has 0 aromatic heterocycles. The molecule has 0 aromatic rings. The Kier molecular flexibility index (Phi) is 4810. The van der Waals surface area contributed by atoms with E-state index in [1.807, 2.05) is 0 Å². The van der Waals surface area contributed by atoms with Gasteiger partial charge in [-0.3, -0.25) is 0 Å². The molecule has 6 heavy (non-hydrogen) atoms. The Hall–Kier alpha value is 1.10. The van der Waals surface area contributed by atoms with Crippen molar-refractivity contribution < 1.29 is 43.6 Å². The molecule has 0 saturated heterocycles. The molecule has 0 N–H and O–H groups in total. The van der Waals surface area contributed by atoms with E-state index in [0.29, 0.717) is 0 Å². The summed E-state index contributed by atoms with van der Waals surface area (Å²) in [6.45, 7) is 0. The van der Waals surface area contributed by atoms with Crippen LogP contribution in [-0.4, -0.2) is 17.6 Å². The summed E-state index contributed by atoms with van der Waals surface area (Å²) in [6.07, 6.45) is 0. The van der Waals surface area contributed by atoms with Gasteiger partial charge in [0.25, 0.3) is 0 Å². The van der Waals surface area contributed by atoms with E-state index in [-0.39, 0.29) is 61.2 Å². The standard InChI is InChI=1S/Ge.4O.Ti/q+4;4*-2;+4. The maximum Gasteiger partial charge on any atom is 4.00 e. The third-order valence-corrected chi connectivity index (χ3v) is 0. The minimum Gasteiger partial charge on any atom is -2.00 e. The molecule has 0 fully saturated rings. The second-order valence-electron chi connectivity index (χ2n) is 0. The van der Waals surface area contributed by atoms with Crippen molar-refractivity contribution in [2.45, 2.75) is 0 Å². The van der Waals surface area contributed by atoms with Crippen molar-refractivity contribution in [1.82, 2.24) is 0 Å². The van der Waals surface area contributed by atoms with E-state index in [4.69, 9.17) is 0 Å². The fourth-order valence-corrected chi connectivity index (χ4v) is 0. The van der Waals surface area contributed by atoms with Crippen LogP contribution in [-0.2, 0) is 43.6 Å². The Morgan fingerprint density at radius 3 is 0.500 bits per heavy atom. The minimum absolute atomic E-state index is 0. The van der Waals surface area contributed by atoms with Crippen molar-refractivity contribution in [2.75, 3.05) is 0 Å². The van der Waals surface area contributed by atoms with Gasteiger partial charge in [-0.1, -0.05) is 0 Å². The van der Waals surface area contributed by atoms with Gasteiger partial charge in [0.1, 0.15) is 0 Å². The van der Waals surface area contributed by atoms with E-state index in [1.165, 1.54) is 0 Å². The van der Waals surface area contributed by atoms with Crippen molar-refractivity contribution in [2.24, 2.45) is 0 Å². The van der Waals surface area contributed by atoms with E-state index in [9.17, 15) is 0 Å². The average molecular weight is 184 g/mol. The van der Waals surface area contributed by atoms with Crippen molar-refractivity contribution >= 4 is 17.6 Å². The monoisotopic (exact) mass is 186 g/mol. The summed E-state index contributed by atoms with van der Waals surface area (Å²) >= 11 is 0. The van der Waals surface area contributed by atoms with Crippen LogP contribution in [0.3, 0.4) is 0 Å². The van der Waals surface area contributed by atoms with Crippen LogP contribution in [0.2, 0.25) is 0 Å². The van der Waals surface area contributed by atoms with Crippen LogP contribution in [0.15, 0.2) is 0 Å². The molecule has 32 valence electrons. The fourth-order valence-electron chi connectivity index (χ4n) is 0. The zero-order valence-corrected chi connectivity index (χ0v) is 6.29. The summed E-state index contributed by atoms with van der Waals surface area (Å²) in [5.41, 5.74) is 0. The van der Waals surface area contributed by atoms with Crippen molar-refractivity contribution in [3.05, 3.63) is 0 Å². The molecule has 0 rings (SSSR count). The molecule has 0 amide bonds. The van der Waals surface area contributed by atoms with Gasteiger partial charge in [0.2, 0.25) is 0 Å². The molecule has 0 aliphatic carbocycles. The fraction of sp³-hybridized carbons (Fsp3) is 0. The van der Waals surface area contributed by atoms with Gasteiger partial charge >= 0.3 is 39.3 Å². The van der Waals surface area contributed by atoms with Crippen LogP contribution in [0, 0.1) is 0 Å². The maximum atomic E-state index is 0. The summed E-state index contributed by atoms with van der Waals surface area (Å²) in [5.74, 6) is 0. The molecule has 0 aliphatic heterocycles. The maximum absolute atomic E-state index is 0. The van der Waals surface area contributed by atoms with E-state index >= 15 is 0 Å². The predicted molar refractivity (Wildman–Crippen MR) is 8.50 cm³/mol. The predicted octanol–water partition coefficient (Wildman–Crippen LogP) is -0.859. The SMILES string of the molecule is [Ge+4].[O-2].[O-2].[O-2].[O-2].[Ti+4]. The smallest absolute Gasteiger partial charge is 2.00 e. The molecule has 0 atom stereocenters. The van der Waals surface area contributed by atoms with Gasteiger partial charge in [0.15, 0.2) is 0 Å². The van der Waals surface area contributed by atoms with Gasteiger partial charge in [-0.2, -0.15) is 0 Å². The zero-order chi connectivity index (χ0) is 0. The largest absolute Gasteiger partial charge is 4.00 e. The van der Waals surface area contributed by atoms with Crippen LogP contribution >= 0.6 is 0 Å². The summed E-state index contributed by atoms with van der Waals surface area (Å²) in [7, 11) is 0. The van der Waals surface area contributed by atoms with Crippen molar-refractivity contribution in [3.63, 3.8) is 0 Å². The molecule has 4 nitrogen and oxygen atoms in total. The van der Waals surface area contributed by atoms with Gasteiger partial charge in [0.05, 0.1) is 0 Å². The topological polar surface area (TPSA) is 114 Å².